The van der Waals surface area contributed by atoms with Crippen LogP contribution >= 0.6 is 0 Å². The van der Waals surface area contributed by atoms with Crippen LogP contribution in [0, 0.1) is 5.92 Å². The van der Waals surface area contributed by atoms with Crippen LogP contribution in [0.4, 0.5) is 0 Å². The topological polar surface area (TPSA) is 61.8 Å². The second-order valence-electron chi connectivity index (χ2n) is 5.20. The number of esters is 1. The van der Waals surface area contributed by atoms with Crippen LogP contribution < -0.4 is 9.47 Å². The molecule has 2 rings (SSSR count). The lowest BCUT2D eigenvalue weighted by Crippen LogP contribution is -2.19. The minimum absolute atomic E-state index is 0.174. The minimum atomic E-state index is -0.576. The Bertz CT molecular complexity index is 546. The summed E-state index contributed by atoms with van der Waals surface area (Å²) in [6, 6.07) is 3.19. The van der Waals surface area contributed by atoms with Crippen molar-refractivity contribution < 1.29 is 23.8 Å². The van der Waals surface area contributed by atoms with E-state index in [1.54, 1.807) is 12.1 Å². The summed E-state index contributed by atoms with van der Waals surface area (Å²) in [5, 5.41) is 0. The van der Waals surface area contributed by atoms with Crippen LogP contribution in [0.1, 0.15) is 46.9 Å². The zero-order valence-corrected chi connectivity index (χ0v) is 12.6. The average molecular weight is 292 g/mol. The molecular weight excluding hydrogens is 272 g/mol. The lowest BCUT2D eigenvalue weighted by molar-refractivity contribution is 0.0596. The van der Waals surface area contributed by atoms with E-state index >= 15 is 0 Å². The first-order valence-corrected chi connectivity index (χ1v) is 7.01. The monoisotopic (exact) mass is 292 g/mol. The molecule has 21 heavy (non-hydrogen) atoms. The van der Waals surface area contributed by atoms with Gasteiger partial charge in [0.15, 0.2) is 5.78 Å². The van der Waals surface area contributed by atoms with Crippen LogP contribution in [0.2, 0.25) is 0 Å². The molecule has 0 radical (unpaired) electrons. The fraction of sp³-hybridized carbons (Fsp3) is 0.500. The highest BCUT2D eigenvalue weighted by Crippen LogP contribution is 2.32. The summed E-state index contributed by atoms with van der Waals surface area (Å²) in [5.41, 5.74) is 0.397. The second-order valence-corrected chi connectivity index (χ2v) is 5.20. The third-order valence-corrected chi connectivity index (χ3v) is 3.76. The van der Waals surface area contributed by atoms with Gasteiger partial charge in [-0.1, -0.05) is 6.42 Å². The highest BCUT2D eigenvalue weighted by Gasteiger charge is 2.23. The SMILES string of the molecule is COC(=O)c1cc(OCC2CCC2)cc(OC)c1C(C)=O. The summed E-state index contributed by atoms with van der Waals surface area (Å²) < 4.78 is 15.7. The fourth-order valence-electron chi connectivity index (χ4n) is 2.34. The number of ether oxygens (including phenoxy) is 3. The molecule has 0 aliphatic heterocycles. The van der Waals surface area contributed by atoms with E-state index in [-0.39, 0.29) is 16.9 Å². The van der Waals surface area contributed by atoms with Gasteiger partial charge in [-0.05, 0) is 31.7 Å². The van der Waals surface area contributed by atoms with Crippen molar-refractivity contribution in [1.82, 2.24) is 0 Å². The number of carbonyl (C=O) groups is 2. The zero-order valence-electron chi connectivity index (χ0n) is 12.6. The predicted octanol–water partition coefficient (Wildman–Crippen LogP) is 2.86. The third-order valence-electron chi connectivity index (χ3n) is 3.76. The summed E-state index contributed by atoms with van der Waals surface area (Å²) >= 11 is 0. The maximum Gasteiger partial charge on any atom is 0.338 e. The minimum Gasteiger partial charge on any atom is -0.496 e. The van der Waals surface area contributed by atoms with Crippen LogP contribution in [-0.4, -0.2) is 32.6 Å². The van der Waals surface area contributed by atoms with Gasteiger partial charge in [-0.15, -0.1) is 0 Å². The van der Waals surface area contributed by atoms with Gasteiger partial charge in [0, 0.05) is 6.07 Å². The molecule has 0 N–H and O–H groups in total. The smallest absolute Gasteiger partial charge is 0.338 e. The fourth-order valence-corrected chi connectivity index (χ4v) is 2.34. The van der Waals surface area contributed by atoms with Crippen LogP contribution in [0.3, 0.4) is 0 Å². The lowest BCUT2D eigenvalue weighted by atomic mass is 9.86. The van der Waals surface area contributed by atoms with Gasteiger partial charge in [0.2, 0.25) is 0 Å². The molecule has 0 spiro atoms. The summed E-state index contributed by atoms with van der Waals surface area (Å²) in [7, 11) is 2.74. The van der Waals surface area contributed by atoms with E-state index in [0.717, 1.165) is 0 Å². The van der Waals surface area contributed by atoms with Gasteiger partial charge in [-0.2, -0.15) is 0 Å². The van der Waals surface area contributed by atoms with E-state index in [9.17, 15) is 9.59 Å². The molecule has 1 aromatic carbocycles. The summed E-state index contributed by atoms with van der Waals surface area (Å²) in [4.78, 5) is 23.6. The van der Waals surface area contributed by atoms with Crippen molar-refractivity contribution in [2.75, 3.05) is 20.8 Å². The molecule has 0 bridgehead atoms. The molecule has 5 heteroatoms. The Kier molecular flexibility index (Phi) is 4.83. The van der Waals surface area contributed by atoms with Crippen molar-refractivity contribution in [3.63, 3.8) is 0 Å². The Morgan fingerprint density at radius 1 is 1.24 bits per heavy atom. The third kappa shape index (κ3) is 3.35. The maximum absolute atomic E-state index is 11.9. The van der Waals surface area contributed by atoms with E-state index < -0.39 is 5.97 Å². The summed E-state index contributed by atoms with van der Waals surface area (Å²) in [5.74, 6) is 0.591. The quantitative estimate of drug-likeness (QED) is 0.596. The van der Waals surface area contributed by atoms with Crippen LogP contribution in [0.15, 0.2) is 12.1 Å². The van der Waals surface area contributed by atoms with Gasteiger partial charge in [0.1, 0.15) is 11.5 Å². The predicted molar refractivity (Wildman–Crippen MR) is 77.2 cm³/mol. The molecular formula is C16H20O5. The highest BCUT2D eigenvalue weighted by atomic mass is 16.5. The van der Waals surface area contributed by atoms with E-state index in [1.807, 2.05) is 0 Å². The molecule has 114 valence electrons. The number of rotatable bonds is 6. The molecule has 0 saturated heterocycles. The Hall–Kier alpha value is -2.04. The maximum atomic E-state index is 11.9. The van der Waals surface area contributed by atoms with Gasteiger partial charge in [-0.3, -0.25) is 4.79 Å². The molecule has 1 aliphatic rings. The largest absolute Gasteiger partial charge is 0.496 e. The molecule has 1 aromatic rings. The molecule has 0 atom stereocenters. The molecule has 0 heterocycles. The van der Waals surface area contributed by atoms with Crippen molar-refractivity contribution in [3.05, 3.63) is 23.3 Å². The van der Waals surface area contributed by atoms with Gasteiger partial charge in [0.05, 0.1) is 32.0 Å². The number of hydrogen-bond acceptors (Lipinski definition) is 5. The molecule has 1 saturated carbocycles. The van der Waals surface area contributed by atoms with Crippen molar-refractivity contribution in [2.24, 2.45) is 5.92 Å². The summed E-state index contributed by atoms with van der Waals surface area (Å²) in [6.07, 6.45) is 3.59. The lowest BCUT2D eigenvalue weighted by Gasteiger charge is -2.25. The van der Waals surface area contributed by atoms with Crippen LogP contribution in [0.5, 0.6) is 11.5 Å². The standard InChI is InChI=1S/C16H20O5/c1-10(17)15-13(16(18)20-3)7-12(8-14(15)19-2)21-9-11-5-4-6-11/h7-8,11H,4-6,9H2,1-3H3. The Morgan fingerprint density at radius 2 is 1.95 bits per heavy atom. The average Bonchev–Trinajstić information content (AvgIpc) is 2.43. The van der Waals surface area contributed by atoms with Gasteiger partial charge in [0.25, 0.3) is 0 Å². The number of hydrogen-bond donors (Lipinski definition) is 0. The number of carbonyl (C=O) groups excluding carboxylic acids is 2. The second kappa shape index (κ2) is 6.61. The number of benzene rings is 1. The highest BCUT2D eigenvalue weighted by molar-refractivity contribution is 6.07. The van der Waals surface area contributed by atoms with Crippen LogP contribution in [0.25, 0.3) is 0 Å². The Labute approximate surface area is 124 Å². The van der Waals surface area contributed by atoms with Crippen molar-refractivity contribution in [1.29, 1.82) is 0 Å². The van der Waals surface area contributed by atoms with Gasteiger partial charge >= 0.3 is 5.97 Å². The van der Waals surface area contributed by atoms with Crippen molar-refractivity contribution >= 4 is 11.8 Å². The molecule has 0 aromatic heterocycles. The molecule has 1 aliphatic carbocycles. The Morgan fingerprint density at radius 3 is 2.43 bits per heavy atom. The van der Waals surface area contributed by atoms with E-state index in [0.29, 0.717) is 24.0 Å². The van der Waals surface area contributed by atoms with Crippen molar-refractivity contribution in [3.8, 4) is 11.5 Å². The molecule has 0 amide bonds. The van der Waals surface area contributed by atoms with Gasteiger partial charge < -0.3 is 14.2 Å². The number of ketones is 1. The first-order chi connectivity index (χ1) is 10.1. The Balaban J connectivity index is 2.33. The number of Topliss-reactive ketones (excluding diaryl/α,β-unsaturated/α-hetero) is 1. The van der Waals surface area contributed by atoms with Crippen LogP contribution in [-0.2, 0) is 4.74 Å². The summed E-state index contributed by atoms with van der Waals surface area (Å²) in [6.45, 7) is 2.00. The molecule has 0 unspecified atom stereocenters. The normalized spacial score (nSPS) is 14.2. The molecule has 1 fully saturated rings. The number of methoxy groups -OCH3 is 2. The van der Waals surface area contributed by atoms with E-state index in [2.05, 4.69) is 0 Å². The van der Waals surface area contributed by atoms with Gasteiger partial charge in [-0.25, -0.2) is 4.79 Å². The van der Waals surface area contributed by atoms with E-state index in [1.165, 1.54) is 40.4 Å². The first-order valence-electron chi connectivity index (χ1n) is 7.01. The molecule has 5 nitrogen and oxygen atoms in total. The first kappa shape index (κ1) is 15.4. The zero-order chi connectivity index (χ0) is 15.4. The van der Waals surface area contributed by atoms with E-state index in [4.69, 9.17) is 14.2 Å². The van der Waals surface area contributed by atoms with Crippen molar-refractivity contribution in [2.45, 2.75) is 26.2 Å².